The number of alkyl halides is 1. The first-order valence-electron chi connectivity index (χ1n) is 7.63. The molecule has 0 amide bonds. The molecule has 31 heavy (non-hydrogen) atoms. The highest BCUT2D eigenvalue weighted by Crippen LogP contribution is 2.66. The summed E-state index contributed by atoms with van der Waals surface area (Å²) in [5.74, 6) is -3.44. The molecule has 1 fully saturated rings. The Kier molecular flexibility index (Phi) is 7.92. The van der Waals surface area contributed by atoms with Gasteiger partial charge in [0.1, 0.15) is 23.5 Å². The third-order valence-corrected chi connectivity index (χ3v) is 8.32. The van der Waals surface area contributed by atoms with Gasteiger partial charge in [-0.1, -0.05) is 23.8 Å². The molecule has 0 bridgehead atoms. The van der Waals surface area contributed by atoms with Gasteiger partial charge in [-0.3, -0.25) is 18.6 Å². The second-order valence-electron chi connectivity index (χ2n) is 6.05. The van der Waals surface area contributed by atoms with Gasteiger partial charge in [0.25, 0.3) is 5.85 Å². The summed E-state index contributed by atoms with van der Waals surface area (Å²) in [6, 6.07) is 0. The molecule has 1 aromatic rings. The van der Waals surface area contributed by atoms with Crippen LogP contribution in [0.5, 0.6) is 0 Å². The number of ether oxygens (including phenoxy) is 1. The minimum Gasteiger partial charge on any atom is -0.385 e. The van der Waals surface area contributed by atoms with Gasteiger partial charge in [-0.2, -0.15) is 4.31 Å². The first-order chi connectivity index (χ1) is 13.9. The summed E-state index contributed by atoms with van der Waals surface area (Å²) < 4.78 is 65.9. The van der Waals surface area contributed by atoms with E-state index in [1.807, 2.05) is 0 Å². The van der Waals surface area contributed by atoms with Crippen LogP contribution in [0.25, 0.3) is 0 Å². The molecule has 0 aromatic carbocycles. The monoisotopic (exact) mass is 550 g/mol. The minimum absolute atomic E-state index is 0.181. The number of rotatable bonds is 8. The Morgan fingerprint density at radius 1 is 1.29 bits per heavy atom. The maximum absolute atomic E-state index is 15.0. The number of aliphatic hydroxyl groups is 2. The van der Waals surface area contributed by atoms with Gasteiger partial charge in [0.15, 0.2) is 6.23 Å². The van der Waals surface area contributed by atoms with Crippen LogP contribution in [0.15, 0.2) is 11.0 Å². The Labute approximate surface area is 181 Å². The smallest absolute Gasteiger partial charge is 0.385 e. The van der Waals surface area contributed by atoms with Gasteiger partial charge in [0, 0.05) is 12.9 Å². The van der Waals surface area contributed by atoms with E-state index in [1.54, 1.807) is 0 Å². The van der Waals surface area contributed by atoms with Crippen molar-refractivity contribution in [3.05, 3.63) is 26.3 Å². The lowest BCUT2D eigenvalue weighted by Gasteiger charge is -2.24. The van der Waals surface area contributed by atoms with Crippen molar-refractivity contribution in [2.24, 2.45) is 0 Å². The van der Waals surface area contributed by atoms with Crippen LogP contribution in [-0.2, 0) is 31.6 Å². The maximum atomic E-state index is 15.0. The highest BCUT2D eigenvalue weighted by molar-refractivity contribution is 7.71. The fraction of sp³-hybridized carbons (Fsp3) is 0.600. The molecule has 0 aliphatic carbocycles. The molecular formula is C10H15ClFN2O13P3S. The Bertz CT molecular complexity index is 1110. The van der Waals surface area contributed by atoms with E-state index >= 15 is 0 Å². The van der Waals surface area contributed by atoms with Crippen LogP contribution in [0, 0.1) is 4.64 Å². The lowest BCUT2D eigenvalue weighted by molar-refractivity contribution is -0.204. The normalized spacial score (nSPS) is 32.2. The van der Waals surface area contributed by atoms with Crippen LogP contribution < -0.4 is 5.69 Å². The molecule has 0 radical (unpaired) electrons. The number of aliphatic hydroxyl groups excluding tert-OH is 2. The van der Waals surface area contributed by atoms with Crippen molar-refractivity contribution in [1.29, 1.82) is 0 Å². The molecule has 7 atom stereocenters. The number of H-pyrrole nitrogens is 1. The molecule has 1 aromatic heterocycles. The molecule has 1 aliphatic heterocycles. The number of nitrogens with one attached hydrogen (secondary N) is 1. The van der Waals surface area contributed by atoms with Crippen molar-refractivity contribution >= 4 is 47.1 Å². The average molecular weight is 551 g/mol. The predicted molar refractivity (Wildman–Crippen MR) is 100 cm³/mol. The van der Waals surface area contributed by atoms with E-state index in [0.717, 1.165) is 6.20 Å². The van der Waals surface area contributed by atoms with Crippen LogP contribution in [-0.4, -0.2) is 65.8 Å². The van der Waals surface area contributed by atoms with Crippen molar-refractivity contribution in [2.45, 2.75) is 24.3 Å². The zero-order chi connectivity index (χ0) is 24.0. The average Bonchev–Trinajstić information content (AvgIpc) is 2.78. The van der Waals surface area contributed by atoms with Crippen molar-refractivity contribution in [2.75, 3.05) is 13.3 Å². The van der Waals surface area contributed by atoms with Gasteiger partial charge < -0.3 is 29.6 Å². The van der Waals surface area contributed by atoms with Crippen LogP contribution in [0.4, 0.5) is 4.39 Å². The molecule has 2 heterocycles. The fourth-order valence-corrected chi connectivity index (χ4v) is 6.05. The van der Waals surface area contributed by atoms with Crippen LogP contribution in [0.2, 0.25) is 5.02 Å². The second-order valence-corrected chi connectivity index (χ2v) is 11.9. The van der Waals surface area contributed by atoms with Crippen molar-refractivity contribution in [1.82, 2.24) is 9.55 Å². The molecule has 3 unspecified atom stereocenters. The van der Waals surface area contributed by atoms with E-state index < -0.39 is 59.8 Å². The van der Waals surface area contributed by atoms with E-state index in [0.29, 0.717) is 11.2 Å². The molecule has 0 spiro atoms. The van der Waals surface area contributed by atoms with E-state index in [9.17, 15) is 42.9 Å². The minimum atomic E-state index is -5.65. The molecule has 2 rings (SSSR count). The molecule has 6 N–H and O–H groups in total. The highest BCUT2D eigenvalue weighted by atomic mass is 35.5. The summed E-state index contributed by atoms with van der Waals surface area (Å²) in [5.41, 5.74) is -1.02. The van der Waals surface area contributed by atoms with E-state index in [1.165, 1.54) is 0 Å². The molecule has 1 aliphatic rings. The van der Waals surface area contributed by atoms with Crippen LogP contribution >= 0.6 is 47.1 Å². The van der Waals surface area contributed by atoms with Crippen molar-refractivity contribution in [3.63, 3.8) is 0 Å². The lowest BCUT2D eigenvalue weighted by Crippen LogP contribution is -2.43. The van der Waals surface area contributed by atoms with Crippen LogP contribution in [0.3, 0.4) is 0 Å². The predicted octanol–water partition coefficient (Wildman–Crippen LogP) is 0.541. The summed E-state index contributed by atoms with van der Waals surface area (Å²) in [6.45, 7) is -1.21. The number of halogens is 2. The summed E-state index contributed by atoms with van der Waals surface area (Å²) in [7, 11) is -15.9. The second kappa shape index (κ2) is 9.12. The van der Waals surface area contributed by atoms with Gasteiger partial charge in [-0.15, -0.1) is 0 Å². The van der Waals surface area contributed by atoms with Gasteiger partial charge in [-0.05, 0) is 0 Å². The van der Waals surface area contributed by atoms with Gasteiger partial charge in [-0.25, -0.2) is 22.6 Å². The number of hydrogen-bond acceptors (Lipinski definition) is 11. The van der Waals surface area contributed by atoms with Gasteiger partial charge in [0.2, 0.25) is 0 Å². The molecule has 21 heteroatoms. The van der Waals surface area contributed by atoms with Crippen molar-refractivity contribution < 1.29 is 60.9 Å². The largest absolute Gasteiger partial charge is 0.488 e. The summed E-state index contributed by atoms with van der Waals surface area (Å²) in [4.78, 5) is 41.6. The number of aromatic nitrogens is 2. The molecule has 0 saturated carbocycles. The number of hydrogen-bond donors (Lipinski definition) is 6. The molecule has 1 saturated heterocycles. The van der Waals surface area contributed by atoms with E-state index in [2.05, 4.69) is 18.1 Å². The Morgan fingerprint density at radius 3 is 2.42 bits per heavy atom. The Morgan fingerprint density at radius 2 is 1.87 bits per heavy atom. The van der Waals surface area contributed by atoms with E-state index in [-0.39, 0.29) is 9.66 Å². The maximum Gasteiger partial charge on any atom is 0.488 e. The number of nitrogens with zero attached hydrogens (tertiary/aromatic N) is 1. The fourth-order valence-electron chi connectivity index (χ4n) is 2.27. The number of phosphoric acid groups is 2. The third-order valence-electron chi connectivity index (χ3n) is 3.46. The quantitative estimate of drug-likeness (QED) is 0.192. The van der Waals surface area contributed by atoms with E-state index in [4.69, 9.17) is 33.4 Å². The first-order valence-corrected chi connectivity index (χ1v) is 13.4. The summed E-state index contributed by atoms with van der Waals surface area (Å²) in [5, 5.41) is 19.8. The van der Waals surface area contributed by atoms with Crippen molar-refractivity contribution in [3.8, 4) is 0 Å². The Hall–Kier alpha value is -0.350. The highest BCUT2D eigenvalue weighted by Gasteiger charge is 2.57. The topological polar surface area (TPSA) is 227 Å². The van der Waals surface area contributed by atoms with Crippen LogP contribution in [0.1, 0.15) is 6.23 Å². The zero-order valence-corrected chi connectivity index (χ0v) is 19.2. The standard InChI is InChI=1S/C10H15ClFN2O13P3S/c1-28(18,19)26-30(22,23)27-29(20,21)24-3-10(12)6(16)5(15)8(25-10)14-2-4(11)7(31)13-9(14)17/h2,5-6,8,15-16H,3H2,1H3,(H,18,19)(H,20,21)(H,22,23)(H,13,17,31)/t5-,6+,8-,10-/m1/s1. The van der Waals surface area contributed by atoms with Gasteiger partial charge in [0.05, 0.1) is 5.02 Å². The molecule has 15 nitrogen and oxygen atoms in total. The molecule has 178 valence electrons. The first kappa shape index (κ1) is 26.9. The SMILES string of the molecule is CP(=O)(O)OP(=O)(O)OP(=O)(O)OC[C@@]1(F)O[C@@H](n2cc(Cl)c(=S)[nH]c2=O)[C@H](O)[C@@H]1O. The molecular weight excluding hydrogens is 536 g/mol. The zero-order valence-electron chi connectivity index (χ0n) is 15.0. The Balaban J connectivity index is 2.18. The number of aromatic amines is 1. The third kappa shape index (κ3) is 6.82. The number of phosphoric ester groups is 1. The van der Waals surface area contributed by atoms with Gasteiger partial charge >= 0.3 is 28.9 Å². The summed E-state index contributed by atoms with van der Waals surface area (Å²) >= 11 is 10.5. The lowest BCUT2D eigenvalue weighted by atomic mass is 10.1. The summed E-state index contributed by atoms with van der Waals surface area (Å²) in [6.07, 6.45) is -5.63.